The molecule has 4 nitrogen and oxygen atoms in total. The Morgan fingerprint density at radius 2 is 0.656 bits per heavy atom. The van der Waals surface area contributed by atoms with Crippen LogP contribution in [-0.4, -0.2) is 13.1 Å². The van der Waals surface area contributed by atoms with Crippen molar-refractivity contribution in [3.05, 3.63) is 109 Å². The quantitative estimate of drug-likeness (QED) is 0.189. The van der Waals surface area contributed by atoms with Gasteiger partial charge in [-0.1, -0.05) is 36.4 Å². The van der Waals surface area contributed by atoms with E-state index in [1.54, 1.807) is 0 Å². The molecule has 4 heteroatoms. The largest absolute Gasteiger partial charge is 0.385 e. The van der Waals surface area contributed by atoms with Gasteiger partial charge in [0.25, 0.3) is 0 Å². The average molecular weight is 423 g/mol. The van der Waals surface area contributed by atoms with Gasteiger partial charge in [0.05, 0.1) is 0 Å². The molecule has 0 aliphatic carbocycles. The Kier molecular flexibility index (Phi) is 7.64. The first kappa shape index (κ1) is 21.3. The summed E-state index contributed by atoms with van der Waals surface area (Å²) in [5.74, 6) is 0. The molecule has 0 radical (unpaired) electrons. The van der Waals surface area contributed by atoms with Gasteiger partial charge in [-0.2, -0.15) is 0 Å². The van der Waals surface area contributed by atoms with Crippen LogP contribution in [0.3, 0.4) is 0 Å². The number of anilines is 6. The van der Waals surface area contributed by atoms with Crippen LogP contribution in [-0.2, 0) is 0 Å². The van der Waals surface area contributed by atoms with Gasteiger partial charge in [0.15, 0.2) is 0 Å². The van der Waals surface area contributed by atoms with Gasteiger partial charge in [-0.25, -0.2) is 0 Å². The highest BCUT2D eigenvalue weighted by Gasteiger charge is 1.98. The summed E-state index contributed by atoms with van der Waals surface area (Å²) in [4.78, 5) is 0. The lowest BCUT2D eigenvalue weighted by atomic mass is 10.2. The lowest BCUT2D eigenvalue weighted by Gasteiger charge is -2.11. The molecule has 0 amide bonds. The van der Waals surface area contributed by atoms with Crippen LogP contribution in [0.25, 0.3) is 0 Å². The van der Waals surface area contributed by atoms with E-state index >= 15 is 0 Å². The van der Waals surface area contributed by atoms with Crippen molar-refractivity contribution in [1.82, 2.24) is 0 Å². The maximum absolute atomic E-state index is 3.50. The minimum absolute atomic E-state index is 0.965. The molecule has 162 valence electrons. The molecule has 0 spiro atoms. The first-order chi connectivity index (χ1) is 15.8. The van der Waals surface area contributed by atoms with Crippen LogP contribution in [0.2, 0.25) is 0 Å². The number of rotatable bonds is 11. The summed E-state index contributed by atoms with van der Waals surface area (Å²) in [6.45, 7) is 1.93. The van der Waals surface area contributed by atoms with Crippen LogP contribution in [0, 0.1) is 0 Å². The average Bonchev–Trinajstić information content (AvgIpc) is 2.85. The number of nitrogens with one attached hydrogen (secondary N) is 4. The van der Waals surface area contributed by atoms with E-state index in [2.05, 4.69) is 94.1 Å². The molecule has 4 aromatic carbocycles. The van der Waals surface area contributed by atoms with Crippen molar-refractivity contribution in [2.75, 3.05) is 34.4 Å². The molecule has 4 aromatic rings. The van der Waals surface area contributed by atoms with Gasteiger partial charge in [-0.3, -0.25) is 0 Å². The second kappa shape index (κ2) is 11.5. The lowest BCUT2D eigenvalue weighted by molar-refractivity contribution is 0.796. The number of unbranched alkanes of at least 4 members (excludes halogenated alkanes) is 1. The molecule has 32 heavy (non-hydrogen) atoms. The Morgan fingerprint density at radius 1 is 0.344 bits per heavy atom. The van der Waals surface area contributed by atoms with E-state index in [-0.39, 0.29) is 0 Å². The van der Waals surface area contributed by atoms with Crippen LogP contribution >= 0.6 is 0 Å². The summed E-state index contributed by atoms with van der Waals surface area (Å²) in [7, 11) is 0. The predicted octanol–water partition coefficient (Wildman–Crippen LogP) is 7.48. The summed E-state index contributed by atoms with van der Waals surface area (Å²) >= 11 is 0. The highest BCUT2D eigenvalue weighted by molar-refractivity contribution is 5.63. The summed E-state index contributed by atoms with van der Waals surface area (Å²) in [5, 5.41) is 13.8. The molecule has 0 aliphatic rings. The summed E-state index contributed by atoms with van der Waals surface area (Å²) in [6, 6.07) is 37.3. The van der Waals surface area contributed by atoms with Gasteiger partial charge >= 0.3 is 0 Å². The van der Waals surface area contributed by atoms with E-state index in [0.29, 0.717) is 0 Å². The summed E-state index contributed by atoms with van der Waals surface area (Å²) in [5.41, 5.74) is 6.69. The van der Waals surface area contributed by atoms with Crippen LogP contribution in [0.5, 0.6) is 0 Å². The standard InChI is InChI=1S/C28H30N4/c1-3-9-25(10-4-1)31-27-17-13-23(14-18-27)29-21-7-8-22-30-24-15-19-28(20-16-24)32-26-11-5-2-6-12-26/h1-6,9-20,29-32H,7-8,21-22H2. The smallest absolute Gasteiger partial charge is 0.0385 e. The number of hydrogen-bond donors (Lipinski definition) is 4. The normalized spacial score (nSPS) is 10.4. The van der Waals surface area contributed by atoms with E-state index in [0.717, 1.165) is 60.1 Å². The van der Waals surface area contributed by atoms with E-state index in [4.69, 9.17) is 0 Å². The molecule has 0 fully saturated rings. The Morgan fingerprint density at radius 3 is 1.03 bits per heavy atom. The van der Waals surface area contributed by atoms with Gasteiger partial charge in [0, 0.05) is 47.2 Å². The molecule has 0 unspecified atom stereocenters. The van der Waals surface area contributed by atoms with Crippen LogP contribution in [0.1, 0.15) is 12.8 Å². The third kappa shape index (κ3) is 6.81. The minimum Gasteiger partial charge on any atom is -0.385 e. The van der Waals surface area contributed by atoms with Crippen LogP contribution in [0.15, 0.2) is 109 Å². The molecule has 0 aliphatic heterocycles. The minimum atomic E-state index is 0.965. The zero-order valence-electron chi connectivity index (χ0n) is 18.2. The fourth-order valence-electron chi connectivity index (χ4n) is 3.43. The van der Waals surface area contributed by atoms with Gasteiger partial charge in [0.1, 0.15) is 0 Å². The van der Waals surface area contributed by atoms with Gasteiger partial charge in [0.2, 0.25) is 0 Å². The fourth-order valence-corrected chi connectivity index (χ4v) is 3.43. The lowest BCUT2D eigenvalue weighted by Crippen LogP contribution is -2.06. The van der Waals surface area contributed by atoms with Crippen molar-refractivity contribution in [3.8, 4) is 0 Å². The Balaban J connectivity index is 1.11. The molecule has 0 aromatic heterocycles. The molecule has 0 atom stereocenters. The zero-order valence-corrected chi connectivity index (χ0v) is 18.2. The topological polar surface area (TPSA) is 48.1 Å². The highest BCUT2D eigenvalue weighted by atomic mass is 14.9. The first-order valence-electron chi connectivity index (χ1n) is 11.2. The van der Waals surface area contributed by atoms with Crippen LogP contribution in [0.4, 0.5) is 34.1 Å². The van der Waals surface area contributed by atoms with E-state index < -0.39 is 0 Å². The van der Waals surface area contributed by atoms with Gasteiger partial charge in [-0.15, -0.1) is 0 Å². The second-order valence-corrected chi connectivity index (χ2v) is 7.70. The van der Waals surface area contributed by atoms with Crippen LogP contribution < -0.4 is 21.3 Å². The van der Waals surface area contributed by atoms with Gasteiger partial charge in [-0.05, 0) is 85.6 Å². The maximum Gasteiger partial charge on any atom is 0.0385 e. The molecule has 4 rings (SSSR count). The van der Waals surface area contributed by atoms with Crippen molar-refractivity contribution in [2.24, 2.45) is 0 Å². The molecule has 0 bridgehead atoms. The van der Waals surface area contributed by atoms with E-state index in [9.17, 15) is 0 Å². The Labute approximate surface area is 190 Å². The van der Waals surface area contributed by atoms with Gasteiger partial charge < -0.3 is 21.3 Å². The van der Waals surface area contributed by atoms with Crippen molar-refractivity contribution in [3.63, 3.8) is 0 Å². The number of hydrogen-bond acceptors (Lipinski definition) is 4. The Hall–Kier alpha value is -3.92. The number of benzene rings is 4. The molecular weight excluding hydrogens is 392 g/mol. The molecule has 4 N–H and O–H groups in total. The zero-order chi connectivity index (χ0) is 21.8. The predicted molar refractivity (Wildman–Crippen MR) is 139 cm³/mol. The van der Waals surface area contributed by atoms with Crippen molar-refractivity contribution < 1.29 is 0 Å². The molecule has 0 saturated carbocycles. The summed E-state index contributed by atoms with van der Waals surface area (Å²) < 4.78 is 0. The third-order valence-corrected chi connectivity index (χ3v) is 5.16. The number of para-hydroxylation sites is 2. The second-order valence-electron chi connectivity index (χ2n) is 7.70. The monoisotopic (exact) mass is 422 g/mol. The van der Waals surface area contributed by atoms with Crippen molar-refractivity contribution in [2.45, 2.75) is 12.8 Å². The first-order valence-corrected chi connectivity index (χ1v) is 11.2. The maximum atomic E-state index is 3.50. The Bertz CT molecular complexity index is 957. The summed E-state index contributed by atoms with van der Waals surface area (Å²) in [6.07, 6.45) is 2.23. The van der Waals surface area contributed by atoms with E-state index in [1.165, 1.54) is 0 Å². The molecule has 0 saturated heterocycles. The van der Waals surface area contributed by atoms with Crippen molar-refractivity contribution >= 4 is 34.1 Å². The highest BCUT2D eigenvalue weighted by Crippen LogP contribution is 2.20. The fraction of sp³-hybridized carbons (Fsp3) is 0.143. The molecule has 0 heterocycles. The SMILES string of the molecule is c1ccc(Nc2ccc(NCCCCNc3ccc(Nc4ccccc4)cc3)cc2)cc1. The molecular formula is C28H30N4. The van der Waals surface area contributed by atoms with E-state index in [1.807, 2.05) is 36.4 Å². The third-order valence-electron chi connectivity index (χ3n) is 5.16. The van der Waals surface area contributed by atoms with Crippen molar-refractivity contribution in [1.29, 1.82) is 0 Å².